The largest absolute Gasteiger partial charge is 0.397 e. The number of thiophene rings is 1. The highest BCUT2D eigenvalue weighted by Gasteiger charge is 2.28. The zero-order valence-electron chi connectivity index (χ0n) is 22.2. The van der Waals surface area contributed by atoms with Crippen LogP contribution in [-0.2, 0) is 16.2 Å². The summed E-state index contributed by atoms with van der Waals surface area (Å²) in [6.45, 7) is 7.99. The fraction of sp³-hybridized carbons (Fsp3) is 0.167. The Balaban J connectivity index is 1.59. The maximum Gasteiger partial charge on any atom is 0.338 e. The predicted octanol–water partition coefficient (Wildman–Crippen LogP) is 5.02. The Bertz CT molecular complexity index is 1830. The molecule has 0 unspecified atom stereocenters. The standard InChI is InChI=1S/C30H26ClN5O4S/c1-4-22(23(5-2)27(33-17-37)34-40-3)19-8-6-18(7-9-19)16-35-29-24(14-25(41-29)20-10-11-20)28(38)36(30(35)39)26-13-12-21(31)15-32-26/h4-9,12-15,17,20H,1-2,10-11,16H2,3H3,(H,33,34,37)/b23-22-. The summed E-state index contributed by atoms with van der Waals surface area (Å²) in [6, 6.07) is 12.6. The average molecular weight is 588 g/mol. The molecule has 208 valence electrons. The number of nitrogens with zero attached hydrogens (tertiary/aromatic N) is 4. The van der Waals surface area contributed by atoms with Crippen LogP contribution < -0.4 is 16.6 Å². The maximum atomic E-state index is 13.8. The number of carbonyl (C=O) groups is 1. The van der Waals surface area contributed by atoms with Crippen LogP contribution in [0.1, 0.15) is 34.8 Å². The van der Waals surface area contributed by atoms with E-state index in [1.807, 2.05) is 30.3 Å². The smallest absolute Gasteiger partial charge is 0.338 e. The Hall–Kier alpha value is -4.54. The second kappa shape index (κ2) is 11.9. The van der Waals surface area contributed by atoms with Gasteiger partial charge in [-0.1, -0.05) is 66.3 Å². The van der Waals surface area contributed by atoms with Crippen LogP contribution in [-0.4, -0.2) is 33.5 Å². The summed E-state index contributed by atoms with van der Waals surface area (Å²) in [5, 5.41) is 7.29. The van der Waals surface area contributed by atoms with Gasteiger partial charge in [-0.05, 0) is 53.7 Å². The van der Waals surface area contributed by atoms with Crippen LogP contribution in [0.3, 0.4) is 0 Å². The van der Waals surface area contributed by atoms with Crippen LogP contribution in [0.15, 0.2) is 94.3 Å². The van der Waals surface area contributed by atoms with Crippen molar-refractivity contribution in [1.82, 2.24) is 19.4 Å². The van der Waals surface area contributed by atoms with Gasteiger partial charge in [-0.15, -0.1) is 11.3 Å². The lowest BCUT2D eigenvalue weighted by atomic mass is 9.98. The second-order valence-corrected chi connectivity index (χ2v) is 10.8. The lowest BCUT2D eigenvalue weighted by molar-refractivity contribution is -0.108. The molecule has 1 amide bonds. The number of oxime groups is 1. The Morgan fingerprint density at radius 1 is 1.20 bits per heavy atom. The molecule has 0 saturated heterocycles. The minimum absolute atomic E-state index is 0.188. The van der Waals surface area contributed by atoms with Gasteiger partial charge in [-0.2, -0.15) is 0 Å². The van der Waals surface area contributed by atoms with Gasteiger partial charge in [-0.3, -0.25) is 14.2 Å². The van der Waals surface area contributed by atoms with Crippen molar-refractivity contribution in [2.75, 3.05) is 7.11 Å². The molecule has 0 aliphatic heterocycles. The molecule has 1 saturated carbocycles. The van der Waals surface area contributed by atoms with E-state index in [-0.39, 0.29) is 18.2 Å². The van der Waals surface area contributed by atoms with E-state index in [4.69, 9.17) is 16.4 Å². The van der Waals surface area contributed by atoms with Gasteiger partial charge < -0.3 is 10.2 Å². The zero-order valence-corrected chi connectivity index (χ0v) is 23.7. The SMILES string of the molecule is C=CC(/C(=N/OC)NC=O)=C(\C=C)c1ccc(Cn2c(=O)n(-c3ccc(Cl)cn3)c(=O)c3cc(C4CC4)sc32)cc1. The molecule has 1 aliphatic rings. The van der Waals surface area contributed by atoms with Crippen LogP contribution in [0.2, 0.25) is 5.02 Å². The third-order valence-corrected chi connectivity index (χ3v) is 8.23. The molecule has 1 fully saturated rings. The van der Waals surface area contributed by atoms with E-state index in [1.54, 1.807) is 28.9 Å². The van der Waals surface area contributed by atoms with Gasteiger partial charge in [0.2, 0.25) is 6.41 Å². The molecule has 5 rings (SSSR count). The summed E-state index contributed by atoms with van der Waals surface area (Å²) >= 11 is 7.50. The number of allylic oxidation sites excluding steroid dienone is 2. The van der Waals surface area contributed by atoms with Crippen molar-refractivity contribution in [3.63, 3.8) is 0 Å². The number of nitrogens with one attached hydrogen (secondary N) is 1. The minimum atomic E-state index is -0.480. The number of benzene rings is 1. The molecule has 11 heteroatoms. The molecule has 3 heterocycles. The summed E-state index contributed by atoms with van der Waals surface area (Å²) in [4.78, 5) is 49.3. The lowest BCUT2D eigenvalue weighted by Crippen LogP contribution is -2.39. The second-order valence-electron chi connectivity index (χ2n) is 9.30. The first-order valence-corrected chi connectivity index (χ1v) is 13.9. The number of halogens is 1. The van der Waals surface area contributed by atoms with Crippen LogP contribution >= 0.6 is 22.9 Å². The van der Waals surface area contributed by atoms with Gasteiger partial charge in [-0.25, -0.2) is 14.3 Å². The van der Waals surface area contributed by atoms with E-state index < -0.39 is 11.2 Å². The van der Waals surface area contributed by atoms with Crippen LogP contribution in [0, 0.1) is 0 Å². The Labute approximate surface area is 244 Å². The third kappa shape index (κ3) is 5.57. The number of fused-ring (bicyclic) bond motifs is 1. The van der Waals surface area contributed by atoms with E-state index >= 15 is 0 Å². The van der Waals surface area contributed by atoms with Gasteiger partial charge >= 0.3 is 5.69 Å². The van der Waals surface area contributed by atoms with Gasteiger partial charge in [0.15, 0.2) is 5.84 Å². The number of hydrogen-bond acceptors (Lipinski definition) is 7. The molecule has 1 N–H and O–H groups in total. The van der Waals surface area contributed by atoms with Crippen molar-refractivity contribution in [1.29, 1.82) is 0 Å². The minimum Gasteiger partial charge on any atom is -0.397 e. The maximum absolute atomic E-state index is 13.8. The summed E-state index contributed by atoms with van der Waals surface area (Å²) in [6.07, 6.45) is 7.26. The Morgan fingerprint density at radius 2 is 1.95 bits per heavy atom. The van der Waals surface area contributed by atoms with Gasteiger partial charge in [0, 0.05) is 16.6 Å². The first kappa shape index (κ1) is 28.0. The van der Waals surface area contributed by atoms with Gasteiger partial charge in [0.1, 0.15) is 17.8 Å². The van der Waals surface area contributed by atoms with Crippen molar-refractivity contribution < 1.29 is 9.63 Å². The number of amidine groups is 1. The average Bonchev–Trinajstić information content (AvgIpc) is 3.73. The molecule has 41 heavy (non-hydrogen) atoms. The molecular formula is C30H26ClN5O4S. The van der Waals surface area contributed by atoms with Crippen molar-refractivity contribution in [2.24, 2.45) is 5.16 Å². The number of amides is 1. The molecule has 0 bridgehead atoms. The monoisotopic (exact) mass is 587 g/mol. The van der Waals surface area contributed by atoms with Gasteiger partial charge in [0.25, 0.3) is 5.56 Å². The van der Waals surface area contributed by atoms with Crippen LogP contribution in [0.4, 0.5) is 0 Å². The number of hydrogen-bond donors (Lipinski definition) is 1. The summed E-state index contributed by atoms with van der Waals surface area (Å²) < 4.78 is 2.72. The molecule has 0 radical (unpaired) electrons. The van der Waals surface area contributed by atoms with E-state index in [1.165, 1.54) is 24.6 Å². The Kier molecular flexibility index (Phi) is 8.14. The fourth-order valence-electron chi connectivity index (χ4n) is 4.57. The number of rotatable bonds is 10. The molecular weight excluding hydrogens is 562 g/mol. The summed E-state index contributed by atoms with van der Waals surface area (Å²) in [7, 11) is 1.38. The normalized spacial score (nSPS) is 14.0. The topological polar surface area (TPSA) is 108 Å². The van der Waals surface area contributed by atoms with E-state index in [0.29, 0.717) is 38.7 Å². The molecule has 4 aromatic rings. The van der Waals surface area contributed by atoms with Crippen LogP contribution in [0.5, 0.6) is 0 Å². The van der Waals surface area contributed by atoms with Crippen molar-refractivity contribution in [3.8, 4) is 5.82 Å². The van der Waals surface area contributed by atoms with Gasteiger partial charge in [0.05, 0.1) is 17.0 Å². The molecule has 1 aliphatic carbocycles. The zero-order chi connectivity index (χ0) is 29.1. The molecule has 3 aromatic heterocycles. The van der Waals surface area contributed by atoms with Crippen LogP contribution in [0.25, 0.3) is 21.6 Å². The highest BCUT2D eigenvalue weighted by atomic mass is 35.5. The van der Waals surface area contributed by atoms with E-state index in [9.17, 15) is 14.4 Å². The lowest BCUT2D eigenvalue weighted by Gasteiger charge is -2.13. The molecule has 0 atom stereocenters. The third-order valence-electron chi connectivity index (χ3n) is 6.69. The molecule has 9 nitrogen and oxygen atoms in total. The first-order valence-electron chi connectivity index (χ1n) is 12.7. The first-order chi connectivity index (χ1) is 19.9. The van der Waals surface area contributed by atoms with Crippen molar-refractivity contribution in [2.45, 2.75) is 25.3 Å². The predicted molar refractivity (Wildman–Crippen MR) is 163 cm³/mol. The highest BCUT2D eigenvalue weighted by molar-refractivity contribution is 7.18. The molecule has 1 aromatic carbocycles. The Morgan fingerprint density at radius 3 is 2.54 bits per heavy atom. The van der Waals surface area contributed by atoms with Crippen molar-refractivity contribution >= 4 is 51.0 Å². The number of pyridine rings is 1. The van der Waals surface area contributed by atoms with E-state index in [0.717, 1.165) is 33.4 Å². The summed E-state index contributed by atoms with van der Waals surface area (Å²) in [5.74, 6) is 0.831. The molecule has 0 spiro atoms. The van der Waals surface area contributed by atoms with Crippen molar-refractivity contribution in [3.05, 3.63) is 121 Å². The number of carbonyl (C=O) groups excluding carboxylic acids is 1. The number of aromatic nitrogens is 3. The quantitative estimate of drug-likeness (QED) is 0.0922. The highest BCUT2D eigenvalue weighted by Crippen LogP contribution is 2.44. The fourth-order valence-corrected chi connectivity index (χ4v) is 5.99. The van der Waals surface area contributed by atoms with E-state index in [2.05, 4.69) is 28.6 Å². The summed E-state index contributed by atoms with van der Waals surface area (Å²) in [5.41, 5.74) is 1.94.